The molecule has 1 aliphatic heterocycles. The van der Waals surface area contributed by atoms with E-state index in [0.29, 0.717) is 29.3 Å². The second-order valence-electron chi connectivity index (χ2n) is 5.80. The van der Waals surface area contributed by atoms with Crippen LogP contribution in [0.5, 0.6) is 0 Å². The largest absolute Gasteiger partial charge is 0.391 e. The van der Waals surface area contributed by atoms with Crippen LogP contribution in [0.1, 0.15) is 23.7 Å². The SMILES string of the molecule is CCS(=O)(=O)c1ccc(-c2cccc(C(=O)N3CC[C@@H](O)C3)c2)s1. The molecule has 3 rings (SSSR count). The van der Waals surface area contributed by atoms with Crippen LogP contribution in [0.3, 0.4) is 0 Å². The number of hydrogen-bond donors (Lipinski definition) is 1. The number of sulfone groups is 1. The molecular weight excluding hydrogens is 346 g/mol. The number of benzene rings is 1. The van der Waals surface area contributed by atoms with Crippen molar-refractivity contribution < 1.29 is 18.3 Å². The fraction of sp³-hybridized carbons (Fsp3) is 0.353. The summed E-state index contributed by atoms with van der Waals surface area (Å²) in [5.41, 5.74) is 1.37. The maximum atomic E-state index is 12.5. The Labute approximate surface area is 145 Å². The molecule has 5 nitrogen and oxygen atoms in total. The fourth-order valence-electron chi connectivity index (χ4n) is 2.70. The van der Waals surface area contributed by atoms with Crippen molar-refractivity contribution in [3.8, 4) is 10.4 Å². The quantitative estimate of drug-likeness (QED) is 0.903. The minimum atomic E-state index is -3.22. The molecule has 0 bridgehead atoms. The van der Waals surface area contributed by atoms with Gasteiger partial charge in [0.1, 0.15) is 4.21 Å². The Balaban J connectivity index is 1.87. The molecule has 7 heteroatoms. The van der Waals surface area contributed by atoms with Crippen LogP contribution in [-0.4, -0.2) is 49.3 Å². The third-order valence-electron chi connectivity index (χ3n) is 4.11. The van der Waals surface area contributed by atoms with Gasteiger partial charge in [0, 0.05) is 23.5 Å². The van der Waals surface area contributed by atoms with Crippen LogP contribution in [0.4, 0.5) is 0 Å². The van der Waals surface area contributed by atoms with Crippen molar-refractivity contribution in [1.29, 1.82) is 0 Å². The molecule has 1 amide bonds. The lowest BCUT2D eigenvalue weighted by Gasteiger charge is -2.15. The normalized spacial score (nSPS) is 18.1. The van der Waals surface area contributed by atoms with Gasteiger partial charge in [-0.2, -0.15) is 0 Å². The van der Waals surface area contributed by atoms with Crippen molar-refractivity contribution in [3.05, 3.63) is 42.0 Å². The molecule has 0 unspecified atom stereocenters. The van der Waals surface area contributed by atoms with Crippen LogP contribution in [0, 0.1) is 0 Å². The van der Waals surface area contributed by atoms with Crippen LogP contribution in [0.2, 0.25) is 0 Å². The van der Waals surface area contributed by atoms with Crippen molar-refractivity contribution >= 4 is 27.1 Å². The Kier molecular flexibility index (Phi) is 4.76. The molecule has 0 spiro atoms. The number of likely N-dealkylation sites (tertiary alicyclic amines) is 1. The number of hydrogen-bond acceptors (Lipinski definition) is 5. The van der Waals surface area contributed by atoms with Gasteiger partial charge in [-0.1, -0.05) is 19.1 Å². The first-order valence-electron chi connectivity index (χ1n) is 7.81. The summed E-state index contributed by atoms with van der Waals surface area (Å²) in [6, 6.07) is 10.6. The lowest BCUT2D eigenvalue weighted by molar-refractivity contribution is 0.0765. The van der Waals surface area contributed by atoms with Gasteiger partial charge in [0.05, 0.1) is 11.9 Å². The maximum Gasteiger partial charge on any atom is 0.253 e. The molecule has 1 fully saturated rings. The van der Waals surface area contributed by atoms with E-state index in [2.05, 4.69) is 0 Å². The monoisotopic (exact) mass is 365 g/mol. The maximum absolute atomic E-state index is 12.5. The first-order valence-corrected chi connectivity index (χ1v) is 10.3. The van der Waals surface area contributed by atoms with Crippen molar-refractivity contribution in [2.24, 2.45) is 0 Å². The summed E-state index contributed by atoms with van der Waals surface area (Å²) in [5, 5.41) is 9.58. The van der Waals surface area contributed by atoms with Crippen molar-refractivity contribution in [2.75, 3.05) is 18.8 Å². The summed E-state index contributed by atoms with van der Waals surface area (Å²) in [5.74, 6) is -0.0330. The van der Waals surface area contributed by atoms with E-state index in [1.54, 1.807) is 42.2 Å². The summed E-state index contributed by atoms with van der Waals surface area (Å²) < 4.78 is 24.2. The Morgan fingerprint density at radius 1 is 1.33 bits per heavy atom. The van der Waals surface area contributed by atoms with E-state index in [0.717, 1.165) is 10.4 Å². The van der Waals surface area contributed by atoms with Crippen LogP contribution in [0.15, 0.2) is 40.6 Å². The molecule has 2 aromatic rings. The summed E-state index contributed by atoms with van der Waals surface area (Å²) >= 11 is 1.22. The van der Waals surface area contributed by atoms with E-state index < -0.39 is 15.9 Å². The second-order valence-corrected chi connectivity index (χ2v) is 9.39. The molecule has 0 aliphatic carbocycles. The van der Waals surface area contributed by atoms with Gasteiger partial charge in [0.25, 0.3) is 5.91 Å². The predicted molar refractivity (Wildman–Crippen MR) is 94.0 cm³/mol. The third-order valence-corrected chi connectivity index (χ3v) is 7.56. The number of thiophene rings is 1. The van der Waals surface area contributed by atoms with Crippen LogP contribution < -0.4 is 0 Å². The van der Waals surface area contributed by atoms with Crippen molar-refractivity contribution in [2.45, 2.75) is 23.7 Å². The summed E-state index contributed by atoms with van der Waals surface area (Å²) in [7, 11) is -3.22. The zero-order valence-corrected chi connectivity index (χ0v) is 14.9. The minimum absolute atomic E-state index is 0.0722. The number of amides is 1. The molecule has 1 saturated heterocycles. The summed E-state index contributed by atoms with van der Waals surface area (Å²) in [6.45, 7) is 2.54. The summed E-state index contributed by atoms with van der Waals surface area (Å²) in [6.07, 6.45) is 0.158. The van der Waals surface area contributed by atoms with Gasteiger partial charge in [-0.25, -0.2) is 8.42 Å². The first kappa shape index (κ1) is 17.1. The van der Waals surface area contributed by atoms with Gasteiger partial charge >= 0.3 is 0 Å². The standard InChI is InChI=1S/C17H19NO4S2/c1-2-24(21,22)16-7-6-15(23-16)12-4-3-5-13(10-12)17(20)18-9-8-14(19)11-18/h3-7,10,14,19H,2,8-9,11H2,1H3/t14-/m1/s1. The van der Waals surface area contributed by atoms with E-state index in [9.17, 15) is 18.3 Å². The van der Waals surface area contributed by atoms with Gasteiger partial charge in [0.15, 0.2) is 9.84 Å². The highest BCUT2D eigenvalue weighted by atomic mass is 32.2. The molecule has 0 radical (unpaired) electrons. The van der Waals surface area contributed by atoms with Crippen LogP contribution in [-0.2, 0) is 9.84 Å². The molecule has 1 N–H and O–H groups in total. The topological polar surface area (TPSA) is 74.7 Å². The third kappa shape index (κ3) is 3.38. The molecular formula is C17H19NO4S2. The number of aliphatic hydroxyl groups excluding tert-OH is 1. The Hall–Kier alpha value is -1.70. The van der Waals surface area contributed by atoms with Crippen LogP contribution >= 0.6 is 11.3 Å². The molecule has 1 atom stereocenters. The van der Waals surface area contributed by atoms with E-state index >= 15 is 0 Å². The highest BCUT2D eigenvalue weighted by Gasteiger charge is 2.25. The molecule has 24 heavy (non-hydrogen) atoms. The average Bonchev–Trinajstić information content (AvgIpc) is 3.24. The van der Waals surface area contributed by atoms with Gasteiger partial charge in [0.2, 0.25) is 0 Å². The first-order chi connectivity index (χ1) is 11.4. The number of carbonyl (C=O) groups excluding carboxylic acids is 1. The van der Waals surface area contributed by atoms with Gasteiger partial charge in [-0.15, -0.1) is 11.3 Å². The number of carbonyl (C=O) groups is 1. The number of β-amino-alcohol motifs (C(OH)–C–C–N with tert-alkyl or cyclic N) is 1. The smallest absolute Gasteiger partial charge is 0.253 e. The van der Waals surface area contributed by atoms with Crippen LogP contribution in [0.25, 0.3) is 10.4 Å². The van der Waals surface area contributed by atoms with E-state index in [4.69, 9.17) is 0 Å². The van der Waals surface area contributed by atoms with E-state index in [1.165, 1.54) is 11.3 Å². The lowest BCUT2D eigenvalue weighted by Crippen LogP contribution is -2.29. The van der Waals surface area contributed by atoms with Gasteiger partial charge < -0.3 is 10.0 Å². The molecule has 0 saturated carbocycles. The van der Waals surface area contributed by atoms with Crippen molar-refractivity contribution in [1.82, 2.24) is 4.90 Å². The number of aliphatic hydroxyl groups is 1. The average molecular weight is 365 g/mol. The zero-order valence-electron chi connectivity index (χ0n) is 13.3. The minimum Gasteiger partial charge on any atom is -0.391 e. The van der Waals surface area contributed by atoms with Gasteiger partial charge in [-0.05, 0) is 36.2 Å². The second kappa shape index (κ2) is 6.66. The van der Waals surface area contributed by atoms with Gasteiger partial charge in [-0.3, -0.25) is 4.79 Å². The molecule has 128 valence electrons. The molecule has 2 heterocycles. The Morgan fingerprint density at radius 3 is 2.79 bits per heavy atom. The Morgan fingerprint density at radius 2 is 2.12 bits per heavy atom. The summed E-state index contributed by atoms with van der Waals surface area (Å²) in [4.78, 5) is 15.0. The predicted octanol–water partition coefficient (Wildman–Crippen LogP) is 2.42. The lowest BCUT2D eigenvalue weighted by atomic mass is 10.1. The highest BCUT2D eigenvalue weighted by Crippen LogP contribution is 2.32. The molecule has 1 aliphatic rings. The Bertz CT molecular complexity index is 857. The molecule has 1 aromatic heterocycles. The van der Waals surface area contributed by atoms with E-state index in [-0.39, 0.29) is 11.7 Å². The van der Waals surface area contributed by atoms with Crippen molar-refractivity contribution in [3.63, 3.8) is 0 Å². The number of nitrogens with zero attached hydrogens (tertiary/aromatic N) is 1. The highest BCUT2D eigenvalue weighted by molar-refractivity contribution is 7.93. The number of rotatable bonds is 4. The molecule has 1 aromatic carbocycles. The zero-order chi connectivity index (χ0) is 17.3. The van der Waals surface area contributed by atoms with E-state index in [1.807, 2.05) is 6.07 Å². The fourth-order valence-corrected chi connectivity index (χ4v) is 5.12.